The number of carbonyl (C=O) groups is 1. The molecule has 0 radical (unpaired) electrons. The maximum absolute atomic E-state index is 11.5. The maximum atomic E-state index is 11.5. The highest BCUT2D eigenvalue weighted by Crippen LogP contribution is 2.14. The van der Waals surface area contributed by atoms with Crippen LogP contribution in [0.2, 0.25) is 4.47 Å². The molecular weight excluding hydrogens is 248 g/mol. The van der Waals surface area contributed by atoms with Gasteiger partial charge < -0.3 is 5.32 Å². The van der Waals surface area contributed by atoms with Crippen molar-refractivity contribution in [2.45, 2.75) is 6.54 Å². The van der Waals surface area contributed by atoms with Gasteiger partial charge in [-0.3, -0.25) is 9.78 Å². The Balaban J connectivity index is 1.94. The number of hydrogen-bond acceptors (Lipinski definition) is 5. The van der Waals surface area contributed by atoms with Crippen molar-refractivity contribution in [1.82, 2.24) is 20.5 Å². The number of aromatic nitrogens is 3. The maximum Gasteiger partial charge on any atom is 0.282 e. The normalized spacial score (nSPS) is 10.1. The number of pyridine rings is 1. The van der Waals surface area contributed by atoms with Gasteiger partial charge in [0.15, 0.2) is 0 Å². The molecule has 2 aromatic heterocycles. The van der Waals surface area contributed by atoms with Gasteiger partial charge in [-0.25, -0.2) is 0 Å². The highest BCUT2D eigenvalue weighted by molar-refractivity contribution is 7.17. The molecule has 0 aliphatic carbocycles. The predicted molar refractivity (Wildman–Crippen MR) is 60.3 cm³/mol. The van der Waals surface area contributed by atoms with E-state index < -0.39 is 0 Å². The van der Waals surface area contributed by atoms with E-state index in [1.54, 1.807) is 12.4 Å². The molecule has 16 heavy (non-hydrogen) atoms. The zero-order valence-electron chi connectivity index (χ0n) is 8.05. The number of nitrogens with one attached hydrogen (secondary N) is 1. The number of halogens is 1. The molecule has 2 heterocycles. The van der Waals surface area contributed by atoms with Crippen molar-refractivity contribution in [1.29, 1.82) is 0 Å². The van der Waals surface area contributed by atoms with Gasteiger partial charge in [-0.1, -0.05) is 17.4 Å². The fraction of sp³-hybridized carbons (Fsp3) is 0.111. The third-order valence-electron chi connectivity index (χ3n) is 1.77. The molecule has 0 unspecified atom stereocenters. The molecular formula is C9H7ClN4OS. The highest BCUT2D eigenvalue weighted by Gasteiger charge is 2.11. The van der Waals surface area contributed by atoms with Gasteiger partial charge in [0, 0.05) is 18.9 Å². The number of hydrogen-bond donors (Lipinski definition) is 1. The summed E-state index contributed by atoms with van der Waals surface area (Å²) < 4.78 is 0.256. The summed E-state index contributed by atoms with van der Waals surface area (Å²) in [5.41, 5.74) is 0.923. The predicted octanol–water partition coefficient (Wildman–Crippen LogP) is 1.52. The first-order valence-electron chi connectivity index (χ1n) is 4.42. The van der Waals surface area contributed by atoms with E-state index in [0.717, 1.165) is 16.9 Å². The zero-order valence-corrected chi connectivity index (χ0v) is 9.63. The molecule has 0 aromatic carbocycles. The Morgan fingerprint density at radius 1 is 1.50 bits per heavy atom. The molecule has 0 saturated heterocycles. The number of carbonyl (C=O) groups excluding carboxylic acids is 1. The minimum absolute atomic E-state index is 0.256. The Morgan fingerprint density at radius 3 is 3.00 bits per heavy atom. The van der Waals surface area contributed by atoms with E-state index in [4.69, 9.17) is 11.6 Å². The van der Waals surface area contributed by atoms with E-state index in [9.17, 15) is 4.79 Å². The van der Waals surface area contributed by atoms with E-state index in [1.807, 2.05) is 12.1 Å². The van der Waals surface area contributed by atoms with Crippen LogP contribution in [0.3, 0.4) is 0 Å². The minimum atomic E-state index is -0.284. The van der Waals surface area contributed by atoms with Crippen molar-refractivity contribution in [3.05, 3.63) is 39.6 Å². The summed E-state index contributed by atoms with van der Waals surface area (Å²) in [4.78, 5) is 15.5. The van der Waals surface area contributed by atoms with Crippen LogP contribution in [0.15, 0.2) is 24.5 Å². The largest absolute Gasteiger partial charge is 0.346 e. The Hall–Kier alpha value is -1.53. The van der Waals surface area contributed by atoms with E-state index >= 15 is 0 Å². The molecule has 0 saturated carbocycles. The fourth-order valence-corrected chi connectivity index (χ4v) is 1.80. The average molecular weight is 255 g/mol. The summed E-state index contributed by atoms with van der Waals surface area (Å²) in [5.74, 6) is -0.284. The molecule has 0 aliphatic heterocycles. The van der Waals surface area contributed by atoms with Crippen LogP contribution in [0.25, 0.3) is 0 Å². The lowest BCUT2D eigenvalue weighted by molar-refractivity contribution is 0.0950. The third kappa shape index (κ3) is 2.74. The molecule has 0 fully saturated rings. The lowest BCUT2D eigenvalue weighted by Gasteiger charge is -2.01. The molecule has 1 N–H and O–H groups in total. The summed E-state index contributed by atoms with van der Waals surface area (Å²) in [6.45, 7) is 0.407. The molecule has 5 nitrogen and oxygen atoms in total. The number of amides is 1. The molecule has 2 aromatic rings. The lowest BCUT2D eigenvalue weighted by atomic mass is 10.3. The van der Waals surface area contributed by atoms with Crippen molar-refractivity contribution in [2.75, 3.05) is 0 Å². The van der Waals surface area contributed by atoms with E-state index in [0.29, 0.717) is 6.54 Å². The zero-order chi connectivity index (χ0) is 11.4. The van der Waals surface area contributed by atoms with Gasteiger partial charge in [0.1, 0.15) is 0 Å². The molecule has 2 rings (SSSR count). The summed E-state index contributed by atoms with van der Waals surface area (Å²) in [6, 6.07) is 3.68. The third-order valence-corrected chi connectivity index (χ3v) is 2.79. The van der Waals surface area contributed by atoms with Crippen LogP contribution in [0, 0.1) is 0 Å². The SMILES string of the molecule is O=C(NCc1cccnc1)c1nnc(Cl)s1. The Kier molecular flexibility index (Phi) is 3.43. The second-order valence-corrected chi connectivity index (χ2v) is 4.46. The first kappa shape index (κ1) is 11.0. The average Bonchev–Trinajstić information content (AvgIpc) is 2.74. The Morgan fingerprint density at radius 2 is 2.38 bits per heavy atom. The quantitative estimate of drug-likeness (QED) is 0.902. The first-order chi connectivity index (χ1) is 7.75. The van der Waals surface area contributed by atoms with Gasteiger partial charge >= 0.3 is 0 Å². The monoisotopic (exact) mass is 254 g/mol. The molecule has 7 heteroatoms. The molecule has 0 atom stereocenters. The Labute approximate surface area is 101 Å². The van der Waals surface area contributed by atoms with Crippen LogP contribution >= 0.6 is 22.9 Å². The molecule has 0 spiro atoms. The number of nitrogens with zero attached hydrogens (tertiary/aromatic N) is 3. The first-order valence-corrected chi connectivity index (χ1v) is 5.61. The van der Waals surface area contributed by atoms with Crippen molar-refractivity contribution < 1.29 is 4.79 Å². The standard InChI is InChI=1S/C9H7ClN4OS/c10-9-14-13-8(16-9)7(15)12-5-6-2-1-3-11-4-6/h1-4H,5H2,(H,12,15). The summed E-state index contributed by atoms with van der Waals surface area (Å²) >= 11 is 6.62. The summed E-state index contributed by atoms with van der Waals surface area (Å²) in [6.07, 6.45) is 3.36. The van der Waals surface area contributed by atoms with Gasteiger partial charge in [-0.05, 0) is 23.2 Å². The fourth-order valence-electron chi connectivity index (χ4n) is 1.06. The second-order valence-electron chi connectivity index (χ2n) is 2.90. The lowest BCUT2D eigenvalue weighted by Crippen LogP contribution is -2.22. The van der Waals surface area contributed by atoms with Crippen molar-refractivity contribution >= 4 is 28.8 Å². The topological polar surface area (TPSA) is 67.8 Å². The van der Waals surface area contributed by atoms with Gasteiger partial charge in [0.25, 0.3) is 5.91 Å². The highest BCUT2D eigenvalue weighted by atomic mass is 35.5. The van der Waals surface area contributed by atoms with Crippen molar-refractivity contribution in [2.24, 2.45) is 0 Å². The van der Waals surface area contributed by atoms with Crippen LogP contribution in [-0.2, 0) is 6.54 Å². The van der Waals surface area contributed by atoms with Gasteiger partial charge in [0.2, 0.25) is 9.47 Å². The molecule has 0 aliphatic rings. The smallest absolute Gasteiger partial charge is 0.282 e. The molecule has 1 amide bonds. The molecule has 0 bridgehead atoms. The summed E-state index contributed by atoms with van der Waals surface area (Å²) in [7, 11) is 0. The van der Waals surface area contributed by atoms with Gasteiger partial charge in [-0.2, -0.15) is 0 Å². The van der Waals surface area contributed by atoms with Gasteiger partial charge in [-0.15, -0.1) is 10.2 Å². The number of rotatable bonds is 3. The van der Waals surface area contributed by atoms with Gasteiger partial charge in [0.05, 0.1) is 0 Å². The second kappa shape index (κ2) is 5.00. The Bertz CT molecular complexity index is 487. The minimum Gasteiger partial charge on any atom is -0.346 e. The van der Waals surface area contributed by atoms with Crippen LogP contribution in [-0.4, -0.2) is 21.1 Å². The van der Waals surface area contributed by atoms with E-state index in [1.165, 1.54) is 0 Å². The van der Waals surface area contributed by atoms with Crippen LogP contribution in [0.4, 0.5) is 0 Å². The van der Waals surface area contributed by atoms with E-state index in [2.05, 4.69) is 20.5 Å². The van der Waals surface area contributed by atoms with E-state index in [-0.39, 0.29) is 15.4 Å². The van der Waals surface area contributed by atoms with Crippen molar-refractivity contribution in [3.8, 4) is 0 Å². The molecule has 82 valence electrons. The van der Waals surface area contributed by atoms with Crippen molar-refractivity contribution in [3.63, 3.8) is 0 Å². The van der Waals surface area contributed by atoms with Crippen LogP contribution in [0.5, 0.6) is 0 Å². The van der Waals surface area contributed by atoms with Crippen LogP contribution in [0.1, 0.15) is 15.4 Å². The van der Waals surface area contributed by atoms with Crippen LogP contribution < -0.4 is 5.32 Å². The summed E-state index contributed by atoms with van der Waals surface area (Å²) in [5, 5.41) is 10.1.